The van der Waals surface area contributed by atoms with Crippen LogP contribution in [0.25, 0.3) is 44.6 Å². The van der Waals surface area contributed by atoms with Gasteiger partial charge >= 0.3 is 0 Å². The number of nitrogens with zero attached hydrogens (tertiary/aromatic N) is 6. The van der Waals surface area contributed by atoms with Crippen molar-refractivity contribution < 1.29 is 14.6 Å². The quantitative estimate of drug-likeness (QED) is 0.232. The van der Waals surface area contributed by atoms with Crippen LogP contribution < -0.4 is 10.5 Å². The molecule has 2 aliphatic heterocycles. The smallest absolute Gasteiger partial charge is 0.254 e. The molecule has 2 aromatic carbocycles. The molecule has 3 N–H and O–H groups in total. The van der Waals surface area contributed by atoms with Crippen LogP contribution in [0.2, 0.25) is 0 Å². The molecule has 0 unspecified atom stereocenters. The minimum absolute atomic E-state index is 0.0343. The summed E-state index contributed by atoms with van der Waals surface area (Å²) in [7, 11) is 3.69. The predicted molar refractivity (Wildman–Crippen MR) is 183 cm³/mol. The van der Waals surface area contributed by atoms with Crippen molar-refractivity contribution in [3.05, 3.63) is 53.9 Å². The molecular weight excluding hydrogens is 590 g/mol. The van der Waals surface area contributed by atoms with Crippen LogP contribution in [0.4, 0.5) is 0 Å². The fraction of sp³-hybridized carbons (Fsp3) is 0.486. The number of methoxy groups -OCH3 is 1. The number of hydrogen-bond donors (Lipinski definition) is 2. The van der Waals surface area contributed by atoms with E-state index in [1.54, 1.807) is 21.0 Å². The molecule has 4 aliphatic rings. The highest BCUT2D eigenvalue weighted by Gasteiger charge is 2.41. The molecule has 3 atom stereocenters. The second-order valence-electron chi connectivity index (χ2n) is 14.9. The number of benzene rings is 2. The number of rotatable bonds is 8. The molecule has 5 aromatic rings. The maximum absolute atomic E-state index is 13.9. The molecule has 1 amide bonds. The van der Waals surface area contributed by atoms with Crippen molar-refractivity contribution in [3.63, 3.8) is 0 Å². The van der Waals surface area contributed by atoms with Crippen LogP contribution in [0.15, 0.2) is 42.6 Å². The van der Waals surface area contributed by atoms with Crippen molar-refractivity contribution in [3.8, 4) is 28.4 Å². The first-order valence-corrected chi connectivity index (χ1v) is 17.0. The van der Waals surface area contributed by atoms with E-state index >= 15 is 0 Å². The molecule has 9 rings (SSSR count). The topological polar surface area (TPSA) is 116 Å². The summed E-state index contributed by atoms with van der Waals surface area (Å²) < 4.78 is 12.3. The summed E-state index contributed by atoms with van der Waals surface area (Å²) in [5, 5.41) is 16.4. The Bertz CT molecular complexity index is 2020. The molecule has 4 fully saturated rings. The molecular formula is C37H45N7O3. The zero-order valence-electron chi connectivity index (χ0n) is 28.0. The van der Waals surface area contributed by atoms with E-state index in [0.717, 1.165) is 82.6 Å². The molecule has 0 radical (unpaired) electrons. The van der Waals surface area contributed by atoms with Crippen molar-refractivity contribution >= 4 is 27.8 Å². The zero-order valence-corrected chi connectivity index (χ0v) is 28.0. The second-order valence-corrected chi connectivity index (χ2v) is 14.9. The lowest BCUT2D eigenvalue weighted by molar-refractivity contribution is 0.0261. The summed E-state index contributed by atoms with van der Waals surface area (Å²) >= 11 is 0. The van der Waals surface area contributed by atoms with Crippen LogP contribution in [0.5, 0.6) is 5.75 Å². The summed E-state index contributed by atoms with van der Waals surface area (Å²) in [5.41, 5.74) is 13.0. The van der Waals surface area contributed by atoms with E-state index in [-0.39, 0.29) is 18.0 Å². The fourth-order valence-electron chi connectivity index (χ4n) is 8.13. The lowest BCUT2D eigenvalue weighted by Gasteiger charge is -2.48. The maximum Gasteiger partial charge on any atom is 0.254 e. The van der Waals surface area contributed by atoms with Crippen LogP contribution in [-0.4, -0.2) is 71.2 Å². The standard InChI is InChI=1S/C37H45N7O3/c1-21-28(19-42(40-21)20-37(2,3)46)27-8-6-7-23-14-31(44(33(23)27)17-22-9-10-22)35-39-30-13-25(15-32(47-5)34(30)41(35)4)36(45)43-18-24-11-12-26(43)16-29(24)38/h6-8,13-15,19,22,24,26,29,46H,9-12,16-18,20,38H2,1-5H3/t24-,26-,29+/m1/s1. The van der Waals surface area contributed by atoms with E-state index < -0.39 is 5.60 Å². The molecule has 0 spiro atoms. The summed E-state index contributed by atoms with van der Waals surface area (Å²) in [6.45, 7) is 7.67. The number of amides is 1. The Morgan fingerprint density at radius 3 is 2.60 bits per heavy atom. The van der Waals surface area contributed by atoms with E-state index in [1.807, 2.05) is 35.7 Å². The van der Waals surface area contributed by atoms with E-state index in [4.69, 9.17) is 20.6 Å². The van der Waals surface area contributed by atoms with Gasteiger partial charge in [0.2, 0.25) is 0 Å². The first-order valence-electron chi connectivity index (χ1n) is 17.0. The third kappa shape index (κ3) is 5.22. The minimum Gasteiger partial charge on any atom is -0.494 e. The Morgan fingerprint density at radius 2 is 1.91 bits per heavy atom. The summed E-state index contributed by atoms with van der Waals surface area (Å²) in [6, 6.07) is 12.9. The molecule has 246 valence electrons. The lowest BCUT2D eigenvalue weighted by atomic mass is 9.76. The number of aliphatic hydroxyl groups is 1. The highest BCUT2D eigenvalue weighted by atomic mass is 16.5. The number of fused-ring (bicyclic) bond motifs is 5. The van der Waals surface area contributed by atoms with Crippen LogP contribution in [0.1, 0.15) is 62.0 Å². The summed E-state index contributed by atoms with van der Waals surface area (Å²) in [4.78, 5) is 21.2. The number of ether oxygens (including phenoxy) is 1. The van der Waals surface area contributed by atoms with Gasteiger partial charge in [-0.3, -0.25) is 9.48 Å². The van der Waals surface area contributed by atoms with Gasteiger partial charge in [-0.1, -0.05) is 18.2 Å². The number of aryl methyl sites for hydroxylation is 2. The average molecular weight is 636 g/mol. The summed E-state index contributed by atoms with van der Waals surface area (Å²) in [6.07, 6.45) is 7.47. The van der Waals surface area contributed by atoms with Gasteiger partial charge in [-0.2, -0.15) is 5.10 Å². The number of carbonyl (C=O) groups is 1. The van der Waals surface area contributed by atoms with Gasteiger partial charge in [0.05, 0.1) is 41.7 Å². The Balaban J connectivity index is 1.24. The molecule has 2 aliphatic carbocycles. The van der Waals surface area contributed by atoms with Crippen molar-refractivity contribution in [2.75, 3.05) is 13.7 Å². The van der Waals surface area contributed by atoms with Gasteiger partial charge < -0.3 is 29.6 Å². The van der Waals surface area contributed by atoms with Gasteiger partial charge in [-0.25, -0.2) is 4.98 Å². The molecule has 47 heavy (non-hydrogen) atoms. The first-order chi connectivity index (χ1) is 22.5. The number of carbonyl (C=O) groups excluding carboxylic acids is 1. The molecule has 2 bridgehead atoms. The number of nitrogens with two attached hydrogens (primary N) is 1. The normalized spacial score (nSPS) is 21.3. The van der Waals surface area contributed by atoms with Crippen molar-refractivity contribution in [2.45, 2.75) is 83.6 Å². The largest absolute Gasteiger partial charge is 0.494 e. The molecule has 5 heterocycles. The Kier molecular flexibility index (Phi) is 7.04. The second kappa shape index (κ2) is 11.0. The van der Waals surface area contributed by atoms with Crippen molar-refractivity contribution in [2.24, 2.45) is 24.6 Å². The van der Waals surface area contributed by atoms with E-state index in [2.05, 4.69) is 39.6 Å². The third-order valence-corrected chi connectivity index (χ3v) is 10.6. The first kappa shape index (κ1) is 30.2. The highest BCUT2D eigenvalue weighted by Crippen LogP contribution is 2.42. The average Bonchev–Trinajstić information content (AvgIpc) is 3.56. The van der Waals surface area contributed by atoms with Crippen LogP contribution >= 0.6 is 0 Å². The van der Waals surface area contributed by atoms with Gasteiger partial charge in [0.25, 0.3) is 5.91 Å². The zero-order chi connectivity index (χ0) is 32.8. The van der Waals surface area contributed by atoms with Gasteiger partial charge in [-0.05, 0) is 82.9 Å². The summed E-state index contributed by atoms with van der Waals surface area (Å²) in [5.74, 6) is 2.51. The Hall–Kier alpha value is -4.15. The fourth-order valence-corrected chi connectivity index (χ4v) is 8.13. The number of piperidine rings is 2. The van der Waals surface area contributed by atoms with Crippen molar-refractivity contribution in [1.82, 2.24) is 28.8 Å². The number of para-hydroxylation sites is 1. The molecule has 10 heteroatoms. The van der Waals surface area contributed by atoms with Gasteiger partial charge in [-0.15, -0.1) is 0 Å². The molecule has 10 nitrogen and oxygen atoms in total. The van der Waals surface area contributed by atoms with E-state index in [9.17, 15) is 9.90 Å². The molecule has 2 saturated heterocycles. The van der Waals surface area contributed by atoms with Gasteiger partial charge in [0, 0.05) is 60.5 Å². The third-order valence-electron chi connectivity index (χ3n) is 10.6. The van der Waals surface area contributed by atoms with E-state index in [1.165, 1.54) is 12.8 Å². The number of aromatic nitrogens is 5. The molecule has 3 aromatic heterocycles. The SMILES string of the molecule is COc1cc(C(=O)N2C[C@H]3CC[C@@H]2C[C@@H]3N)cc2nc(-c3cc4cccc(-c5cn(CC(C)(C)O)nc5C)c4n3CC3CC3)n(C)c12. The number of hydrogen-bond acceptors (Lipinski definition) is 6. The van der Waals surface area contributed by atoms with Gasteiger partial charge in [0.1, 0.15) is 11.3 Å². The monoisotopic (exact) mass is 635 g/mol. The highest BCUT2D eigenvalue weighted by molar-refractivity contribution is 6.01. The lowest BCUT2D eigenvalue weighted by Crippen LogP contribution is -2.58. The van der Waals surface area contributed by atoms with Crippen LogP contribution in [0.3, 0.4) is 0 Å². The van der Waals surface area contributed by atoms with Crippen molar-refractivity contribution in [1.29, 1.82) is 0 Å². The van der Waals surface area contributed by atoms with Crippen LogP contribution in [0, 0.1) is 18.8 Å². The maximum atomic E-state index is 13.9. The Labute approximate surface area is 275 Å². The van der Waals surface area contributed by atoms with Gasteiger partial charge in [0.15, 0.2) is 5.82 Å². The predicted octanol–water partition coefficient (Wildman–Crippen LogP) is 5.51. The minimum atomic E-state index is -0.867. The van der Waals surface area contributed by atoms with Crippen LogP contribution in [-0.2, 0) is 20.1 Å². The van der Waals surface area contributed by atoms with E-state index in [0.29, 0.717) is 29.7 Å². The Morgan fingerprint density at radius 1 is 1.11 bits per heavy atom. The number of imidazole rings is 1. The molecule has 2 saturated carbocycles.